The number of hydrogen-bond acceptors (Lipinski definition) is 2. The smallest absolute Gasteiger partial charge is 0.391 e. The summed E-state index contributed by atoms with van der Waals surface area (Å²) in [5.74, 6) is 0. The van der Waals surface area contributed by atoms with Crippen LogP contribution in [0.25, 0.3) is 0 Å². The Labute approximate surface area is 86.4 Å². The molecule has 0 aliphatic rings. The van der Waals surface area contributed by atoms with E-state index in [9.17, 15) is 0 Å². The van der Waals surface area contributed by atoms with Gasteiger partial charge in [-0.15, -0.1) is 0 Å². The summed E-state index contributed by atoms with van der Waals surface area (Å²) in [6, 6.07) is 10.1. The Morgan fingerprint density at radius 3 is 2.07 bits per heavy atom. The molecular weight excluding hydrogens is 192 g/mol. The minimum absolute atomic E-state index is 1.13. The lowest BCUT2D eigenvalue weighted by molar-refractivity contribution is 0.271. The standard InChI is InChI=1S/C11H16O2Si/c1-4-10-14(12-2,13-3)11-8-6-5-7-9-11/h4-10H,1-3H3. The zero-order valence-electron chi connectivity index (χ0n) is 8.86. The average molecular weight is 208 g/mol. The van der Waals surface area contributed by atoms with Gasteiger partial charge in [0.05, 0.1) is 0 Å². The first kappa shape index (κ1) is 11.2. The largest absolute Gasteiger partial charge is 0.398 e. The summed E-state index contributed by atoms with van der Waals surface area (Å²) in [4.78, 5) is 0. The van der Waals surface area contributed by atoms with Crippen molar-refractivity contribution in [3.05, 3.63) is 42.1 Å². The topological polar surface area (TPSA) is 18.5 Å². The van der Waals surface area contributed by atoms with Crippen LogP contribution < -0.4 is 5.19 Å². The van der Waals surface area contributed by atoms with Crippen LogP contribution in [0.15, 0.2) is 42.1 Å². The maximum atomic E-state index is 5.54. The molecule has 0 fully saturated rings. The van der Waals surface area contributed by atoms with Gasteiger partial charge >= 0.3 is 8.56 Å². The Bertz CT molecular complexity index is 291. The summed E-state index contributed by atoms with van der Waals surface area (Å²) < 4.78 is 11.1. The molecule has 76 valence electrons. The van der Waals surface area contributed by atoms with Gasteiger partial charge < -0.3 is 8.85 Å². The van der Waals surface area contributed by atoms with Crippen molar-refractivity contribution >= 4 is 13.7 Å². The van der Waals surface area contributed by atoms with Gasteiger partial charge in [-0.3, -0.25) is 0 Å². The molecular formula is C11H16O2Si. The highest BCUT2D eigenvalue weighted by atomic mass is 28.4. The van der Waals surface area contributed by atoms with Gasteiger partial charge in [0, 0.05) is 14.2 Å². The maximum absolute atomic E-state index is 5.54. The Morgan fingerprint density at radius 2 is 1.64 bits per heavy atom. The number of benzene rings is 1. The van der Waals surface area contributed by atoms with Crippen molar-refractivity contribution in [2.24, 2.45) is 0 Å². The van der Waals surface area contributed by atoms with Gasteiger partial charge in [-0.05, 0) is 17.8 Å². The third-order valence-corrected chi connectivity index (χ3v) is 5.29. The molecule has 0 aliphatic carbocycles. The SMILES string of the molecule is CC=C[Si](OC)(OC)c1ccccc1. The lowest BCUT2D eigenvalue weighted by Gasteiger charge is -2.23. The van der Waals surface area contributed by atoms with Crippen molar-refractivity contribution in [1.29, 1.82) is 0 Å². The van der Waals surface area contributed by atoms with E-state index in [1.807, 2.05) is 49.0 Å². The highest BCUT2D eigenvalue weighted by Gasteiger charge is 2.34. The van der Waals surface area contributed by atoms with Crippen molar-refractivity contribution in [2.45, 2.75) is 6.92 Å². The molecule has 1 aromatic carbocycles. The molecule has 0 aromatic heterocycles. The molecule has 0 spiro atoms. The number of hydrogen-bond donors (Lipinski definition) is 0. The number of rotatable bonds is 4. The molecule has 1 aromatic rings. The van der Waals surface area contributed by atoms with E-state index in [4.69, 9.17) is 8.85 Å². The van der Waals surface area contributed by atoms with Gasteiger partial charge in [0.2, 0.25) is 0 Å². The van der Waals surface area contributed by atoms with Crippen LogP contribution in [0.4, 0.5) is 0 Å². The third kappa shape index (κ3) is 2.12. The van der Waals surface area contributed by atoms with Crippen LogP contribution in [0.1, 0.15) is 6.92 Å². The second-order valence-corrected chi connectivity index (χ2v) is 6.00. The number of allylic oxidation sites excluding steroid dienone is 1. The quantitative estimate of drug-likeness (QED) is 0.702. The van der Waals surface area contributed by atoms with Crippen LogP contribution in [0.2, 0.25) is 0 Å². The first-order chi connectivity index (χ1) is 6.79. The molecule has 0 amide bonds. The predicted octanol–water partition coefficient (Wildman–Crippen LogP) is 1.74. The summed E-state index contributed by atoms with van der Waals surface area (Å²) >= 11 is 0. The molecule has 0 saturated carbocycles. The van der Waals surface area contributed by atoms with Crippen LogP contribution >= 0.6 is 0 Å². The summed E-state index contributed by atoms with van der Waals surface area (Å²) in [7, 11) is 1.09. The van der Waals surface area contributed by atoms with Crippen LogP contribution in [0, 0.1) is 0 Å². The zero-order valence-corrected chi connectivity index (χ0v) is 9.86. The normalized spacial score (nSPS) is 12.2. The molecule has 0 unspecified atom stereocenters. The monoisotopic (exact) mass is 208 g/mol. The Morgan fingerprint density at radius 1 is 1.07 bits per heavy atom. The zero-order chi connectivity index (χ0) is 10.4. The molecule has 0 aliphatic heterocycles. The van der Waals surface area contributed by atoms with Crippen LogP contribution in [0.5, 0.6) is 0 Å². The fraction of sp³-hybridized carbons (Fsp3) is 0.273. The lowest BCUT2D eigenvalue weighted by atomic mass is 10.4. The van der Waals surface area contributed by atoms with E-state index in [1.165, 1.54) is 0 Å². The first-order valence-corrected chi connectivity index (χ1v) is 6.48. The molecule has 0 radical (unpaired) electrons. The van der Waals surface area contributed by atoms with E-state index in [1.54, 1.807) is 14.2 Å². The lowest BCUT2D eigenvalue weighted by Crippen LogP contribution is -2.50. The van der Waals surface area contributed by atoms with Gasteiger partial charge in [-0.2, -0.15) is 0 Å². The summed E-state index contributed by atoms with van der Waals surface area (Å²) in [5.41, 5.74) is 2.03. The average Bonchev–Trinajstić information content (AvgIpc) is 2.27. The fourth-order valence-corrected chi connectivity index (χ4v) is 3.64. The molecule has 0 atom stereocenters. The van der Waals surface area contributed by atoms with E-state index in [-0.39, 0.29) is 0 Å². The predicted molar refractivity (Wildman–Crippen MR) is 60.7 cm³/mol. The van der Waals surface area contributed by atoms with Crippen molar-refractivity contribution in [3.8, 4) is 0 Å². The molecule has 1 rings (SSSR count). The molecule has 2 nitrogen and oxygen atoms in total. The van der Waals surface area contributed by atoms with Gasteiger partial charge in [-0.25, -0.2) is 0 Å². The summed E-state index contributed by atoms with van der Waals surface area (Å²) in [5, 5.41) is 1.13. The molecule has 14 heavy (non-hydrogen) atoms. The fourth-order valence-electron chi connectivity index (χ4n) is 1.44. The molecule has 0 N–H and O–H groups in total. The van der Waals surface area contributed by atoms with E-state index in [2.05, 4.69) is 0 Å². The van der Waals surface area contributed by atoms with E-state index in [0.717, 1.165) is 5.19 Å². The van der Waals surface area contributed by atoms with E-state index >= 15 is 0 Å². The molecule has 3 heteroatoms. The van der Waals surface area contributed by atoms with Crippen molar-refractivity contribution < 1.29 is 8.85 Å². The van der Waals surface area contributed by atoms with Crippen molar-refractivity contribution in [3.63, 3.8) is 0 Å². The Hall–Kier alpha value is -0.903. The van der Waals surface area contributed by atoms with Gasteiger partial charge in [-0.1, -0.05) is 36.4 Å². The minimum Gasteiger partial charge on any atom is -0.391 e. The van der Waals surface area contributed by atoms with Crippen molar-refractivity contribution in [2.75, 3.05) is 14.2 Å². The Kier molecular flexibility index (Phi) is 4.07. The molecule has 0 bridgehead atoms. The first-order valence-electron chi connectivity index (χ1n) is 4.58. The van der Waals surface area contributed by atoms with Gasteiger partial charge in [0.1, 0.15) is 0 Å². The molecule has 0 heterocycles. The minimum atomic E-state index is -2.30. The van der Waals surface area contributed by atoms with E-state index in [0.29, 0.717) is 0 Å². The maximum Gasteiger partial charge on any atom is 0.398 e. The molecule has 0 saturated heterocycles. The second-order valence-electron chi connectivity index (χ2n) is 2.94. The highest BCUT2D eigenvalue weighted by molar-refractivity contribution is 6.85. The van der Waals surface area contributed by atoms with Gasteiger partial charge in [0.25, 0.3) is 0 Å². The summed E-state index contributed by atoms with van der Waals surface area (Å²) in [6.45, 7) is 1.97. The third-order valence-electron chi connectivity index (χ3n) is 2.17. The second kappa shape index (κ2) is 5.10. The van der Waals surface area contributed by atoms with Crippen LogP contribution in [-0.4, -0.2) is 22.8 Å². The van der Waals surface area contributed by atoms with Crippen LogP contribution in [0.3, 0.4) is 0 Å². The highest BCUT2D eigenvalue weighted by Crippen LogP contribution is 2.07. The van der Waals surface area contributed by atoms with Gasteiger partial charge in [0.15, 0.2) is 0 Å². The van der Waals surface area contributed by atoms with Crippen LogP contribution in [-0.2, 0) is 8.85 Å². The summed E-state index contributed by atoms with van der Waals surface area (Å²) in [6.07, 6.45) is 1.98. The van der Waals surface area contributed by atoms with E-state index < -0.39 is 8.56 Å². The van der Waals surface area contributed by atoms with Crippen molar-refractivity contribution in [1.82, 2.24) is 0 Å². The Balaban J connectivity index is 3.10.